The third-order valence-electron chi connectivity index (χ3n) is 4.43. The van der Waals surface area contributed by atoms with Gasteiger partial charge in [0.1, 0.15) is 11.3 Å². The Hall–Kier alpha value is -3.39. The van der Waals surface area contributed by atoms with Crippen LogP contribution in [0.15, 0.2) is 36.4 Å². The van der Waals surface area contributed by atoms with Crippen LogP contribution in [0.4, 0.5) is 5.69 Å². The molecule has 0 spiro atoms. The van der Waals surface area contributed by atoms with Crippen molar-refractivity contribution in [1.82, 2.24) is 5.32 Å². The molecule has 0 bridgehead atoms. The summed E-state index contributed by atoms with van der Waals surface area (Å²) in [5.74, 6) is -2.26. The van der Waals surface area contributed by atoms with Crippen LogP contribution in [0.5, 0.6) is 5.75 Å². The zero-order valence-corrected chi connectivity index (χ0v) is 17.1. The third kappa shape index (κ3) is 3.99. The molecule has 3 rings (SSSR count). The number of carbonyl (C=O) groups excluding carboxylic acids is 4. The molecule has 30 heavy (non-hydrogen) atoms. The van der Waals surface area contributed by atoms with E-state index in [9.17, 15) is 19.2 Å². The number of rotatable bonds is 7. The highest BCUT2D eigenvalue weighted by Crippen LogP contribution is 2.38. The van der Waals surface area contributed by atoms with Gasteiger partial charge in [-0.15, -0.1) is 0 Å². The summed E-state index contributed by atoms with van der Waals surface area (Å²) in [5, 5.41) is 2.57. The molecule has 1 aliphatic heterocycles. The highest BCUT2D eigenvalue weighted by atomic mass is 35.5. The standard InChI is InChI=1S/C21H19ClN2O6/c1-3-8-23-18(25)11-30-21(28)14-9-15(22)16(10-17(14)29-2)24-19(26)12-6-4-5-7-13(12)20(24)27/h4-7,9-10H,3,8,11H2,1-2H3,(H,23,25). The number of nitrogens with one attached hydrogen (secondary N) is 1. The van der Waals surface area contributed by atoms with Crippen LogP contribution in [0.25, 0.3) is 0 Å². The average molecular weight is 431 g/mol. The largest absolute Gasteiger partial charge is 0.496 e. The Bertz CT molecular complexity index is 1000. The number of hydrogen-bond donors (Lipinski definition) is 1. The van der Waals surface area contributed by atoms with Gasteiger partial charge in [0.2, 0.25) is 0 Å². The maximum Gasteiger partial charge on any atom is 0.342 e. The highest BCUT2D eigenvalue weighted by molar-refractivity contribution is 6.40. The zero-order valence-electron chi connectivity index (χ0n) is 16.4. The molecular weight excluding hydrogens is 412 g/mol. The lowest BCUT2D eigenvalue weighted by Gasteiger charge is -2.18. The molecule has 0 atom stereocenters. The van der Waals surface area contributed by atoms with Gasteiger partial charge in [-0.2, -0.15) is 0 Å². The van der Waals surface area contributed by atoms with E-state index in [1.54, 1.807) is 24.3 Å². The van der Waals surface area contributed by atoms with Crippen molar-refractivity contribution in [3.8, 4) is 5.75 Å². The van der Waals surface area contributed by atoms with Gasteiger partial charge in [-0.1, -0.05) is 30.7 Å². The van der Waals surface area contributed by atoms with Crippen LogP contribution in [0.1, 0.15) is 44.4 Å². The second-order valence-corrected chi connectivity index (χ2v) is 6.83. The van der Waals surface area contributed by atoms with Gasteiger partial charge in [0.25, 0.3) is 17.7 Å². The molecule has 0 aliphatic carbocycles. The van der Waals surface area contributed by atoms with Gasteiger partial charge in [-0.3, -0.25) is 14.4 Å². The first kappa shape index (κ1) is 21.3. The number of halogens is 1. The Balaban J connectivity index is 1.87. The number of nitrogens with zero attached hydrogens (tertiary/aromatic N) is 1. The molecule has 2 aromatic carbocycles. The van der Waals surface area contributed by atoms with Crippen LogP contribution < -0.4 is 15.0 Å². The van der Waals surface area contributed by atoms with Crippen molar-refractivity contribution in [2.75, 3.05) is 25.2 Å². The van der Waals surface area contributed by atoms with Crippen molar-refractivity contribution < 1.29 is 28.7 Å². The Morgan fingerprint density at radius 3 is 2.30 bits per heavy atom. The van der Waals surface area contributed by atoms with Gasteiger partial charge in [0.15, 0.2) is 6.61 Å². The summed E-state index contributed by atoms with van der Waals surface area (Å²) >= 11 is 6.30. The molecule has 0 saturated carbocycles. The third-order valence-corrected chi connectivity index (χ3v) is 4.73. The Kier molecular flexibility index (Phi) is 6.37. The molecular formula is C21H19ClN2O6. The highest BCUT2D eigenvalue weighted by Gasteiger charge is 2.38. The van der Waals surface area contributed by atoms with E-state index in [2.05, 4.69) is 5.32 Å². The summed E-state index contributed by atoms with van der Waals surface area (Å²) in [6.45, 7) is 1.91. The summed E-state index contributed by atoms with van der Waals surface area (Å²) in [7, 11) is 1.32. The molecule has 1 N–H and O–H groups in total. The van der Waals surface area contributed by atoms with Crippen LogP contribution in [0.3, 0.4) is 0 Å². The van der Waals surface area contributed by atoms with Crippen molar-refractivity contribution in [3.05, 3.63) is 58.1 Å². The fourth-order valence-electron chi connectivity index (χ4n) is 2.97. The predicted octanol–water partition coefficient (Wildman–Crippen LogP) is 2.83. The number of methoxy groups -OCH3 is 1. The van der Waals surface area contributed by atoms with Gasteiger partial charge < -0.3 is 14.8 Å². The van der Waals surface area contributed by atoms with E-state index in [-0.39, 0.29) is 33.1 Å². The molecule has 0 saturated heterocycles. The number of anilines is 1. The van der Waals surface area contributed by atoms with E-state index in [0.29, 0.717) is 6.54 Å². The lowest BCUT2D eigenvalue weighted by atomic mass is 10.1. The van der Waals surface area contributed by atoms with Gasteiger partial charge in [-0.05, 0) is 24.6 Å². The lowest BCUT2D eigenvalue weighted by Crippen LogP contribution is -2.30. The van der Waals surface area contributed by atoms with Crippen molar-refractivity contribution in [2.45, 2.75) is 13.3 Å². The van der Waals surface area contributed by atoms with Gasteiger partial charge in [-0.25, -0.2) is 9.69 Å². The van der Waals surface area contributed by atoms with Crippen LogP contribution in [0.2, 0.25) is 5.02 Å². The van der Waals surface area contributed by atoms with Gasteiger partial charge in [0, 0.05) is 12.6 Å². The number of amides is 3. The molecule has 0 radical (unpaired) electrons. The molecule has 0 aromatic heterocycles. The molecule has 2 aromatic rings. The minimum atomic E-state index is -0.825. The molecule has 8 nitrogen and oxygen atoms in total. The number of imide groups is 1. The van der Waals surface area contributed by atoms with Crippen molar-refractivity contribution in [2.24, 2.45) is 0 Å². The van der Waals surface area contributed by atoms with Crippen LogP contribution in [0, 0.1) is 0 Å². The van der Waals surface area contributed by atoms with E-state index in [1.807, 2.05) is 6.92 Å². The smallest absolute Gasteiger partial charge is 0.342 e. The summed E-state index contributed by atoms with van der Waals surface area (Å²) < 4.78 is 10.2. The molecule has 156 valence electrons. The first-order valence-electron chi connectivity index (χ1n) is 9.18. The van der Waals surface area contributed by atoms with Crippen LogP contribution in [-0.2, 0) is 9.53 Å². The quantitative estimate of drug-likeness (QED) is 0.535. The molecule has 0 unspecified atom stereocenters. The van der Waals surface area contributed by atoms with Crippen LogP contribution in [-0.4, -0.2) is 44.0 Å². The first-order valence-corrected chi connectivity index (χ1v) is 9.56. The van der Waals surface area contributed by atoms with E-state index in [0.717, 1.165) is 11.3 Å². The summed E-state index contributed by atoms with van der Waals surface area (Å²) in [6.07, 6.45) is 0.752. The molecule has 1 aliphatic rings. The van der Waals surface area contributed by atoms with E-state index < -0.39 is 30.3 Å². The number of hydrogen-bond acceptors (Lipinski definition) is 6. The van der Waals surface area contributed by atoms with Crippen molar-refractivity contribution in [1.29, 1.82) is 0 Å². The second-order valence-electron chi connectivity index (χ2n) is 6.42. The topological polar surface area (TPSA) is 102 Å². The summed E-state index contributed by atoms with van der Waals surface area (Å²) in [4.78, 5) is 50.4. The Labute approximate surface area is 177 Å². The van der Waals surface area contributed by atoms with Crippen molar-refractivity contribution in [3.63, 3.8) is 0 Å². The average Bonchev–Trinajstić information content (AvgIpc) is 3.00. The van der Waals surface area contributed by atoms with Crippen molar-refractivity contribution >= 4 is 41.0 Å². The summed E-state index contributed by atoms with van der Waals surface area (Å²) in [6, 6.07) is 8.98. The second kappa shape index (κ2) is 8.96. The van der Waals surface area contributed by atoms with Crippen LogP contribution >= 0.6 is 11.6 Å². The molecule has 1 heterocycles. The Morgan fingerprint density at radius 1 is 1.10 bits per heavy atom. The van der Waals surface area contributed by atoms with E-state index in [4.69, 9.17) is 21.1 Å². The maximum atomic E-state index is 12.7. The van der Waals surface area contributed by atoms with E-state index in [1.165, 1.54) is 19.2 Å². The number of esters is 1. The molecule has 3 amide bonds. The number of fused-ring (bicyclic) bond motifs is 1. The SMILES string of the molecule is CCCNC(=O)COC(=O)c1cc(Cl)c(N2C(=O)c3ccccc3C2=O)cc1OC. The summed E-state index contributed by atoms with van der Waals surface area (Å²) in [5.41, 5.74) is 0.571. The monoisotopic (exact) mass is 430 g/mol. The number of benzene rings is 2. The lowest BCUT2D eigenvalue weighted by molar-refractivity contribution is -0.124. The minimum absolute atomic E-state index is 0.0207. The zero-order chi connectivity index (χ0) is 21.8. The normalized spacial score (nSPS) is 12.6. The number of carbonyl (C=O) groups is 4. The van der Waals surface area contributed by atoms with E-state index >= 15 is 0 Å². The Morgan fingerprint density at radius 2 is 1.73 bits per heavy atom. The fraction of sp³-hybridized carbons (Fsp3) is 0.238. The minimum Gasteiger partial charge on any atom is -0.496 e. The fourth-order valence-corrected chi connectivity index (χ4v) is 3.22. The van der Waals surface area contributed by atoms with Gasteiger partial charge >= 0.3 is 5.97 Å². The maximum absolute atomic E-state index is 12.7. The molecule has 9 heteroatoms. The predicted molar refractivity (Wildman–Crippen MR) is 109 cm³/mol. The molecule has 0 fully saturated rings. The first-order chi connectivity index (χ1) is 14.4. The van der Waals surface area contributed by atoms with Gasteiger partial charge in [0.05, 0.1) is 28.9 Å². The number of ether oxygens (including phenoxy) is 2.